The highest BCUT2D eigenvalue weighted by atomic mass is 32.2. The van der Waals surface area contributed by atoms with E-state index in [1.54, 1.807) is 7.05 Å². The molecule has 1 aliphatic rings. The third kappa shape index (κ3) is 2.50. The molecule has 1 aromatic rings. The second-order valence-electron chi connectivity index (χ2n) is 4.51. The van der Waals surface area contributed by atoms with Crippen molar-refractivity contribution < 1.29 is 13.2 Å². The monoisotopic (exact) mass is 257 g/mol. The van der Waals surface area contributed by atoms with E-state index in [0.29, 0.717) is 11.6 Å². The predicted octanol–water partition coefficient (Wildman–Crippen LogP) is -0.189. The van der Waals surface area contributed by atoms with E-state index in [9.17, 15) is 13.2 Å². The van der Waals surface area contributed by atoms with Crippen molar-refractivity contribution in [1.82, 2.24) is 9.88 Å². The van der Waals surface area contributed by atoms with Gasteiger partial charge in [0.25, 0.3) is 5.91 Å². The quantitative estimate of drug-likeness (QED) is 0.785. The Bertz CT molecular complexity index is 561. The van der Waals surface area contributed by atoms with Gasteiger partial charge in [0.05, 0.1) is 0 Å². The number of nitrogens with two attached hydrogens (primary N) is 1. The molecule has 0 saturated heterocycles. The second kappa shape index (κ2) is 3.85. The maximum atomic E-state index is 11.8. The normalized spacial score (nSPS) is 23.5. The Kier molecular flexibility index (Phi) is 2.75. The Labute approximate surface area is 99.8 Å². The summed E-state index contributed by atoms with van der Waals surface area (Å²) in [4.78, 5) is 11.8. The van der Waals surface area contributed by atoms with Gasteiger partial charge in [-0.3, -0.25) is 4.79 Å². The number of nitrogens with one attached hydrogen (secondary N) is 1. The van der Waals surface area contributed by atoms with Crippen LogP contribution in [0.1, 0.15) is 23.8 Å². The third-order valence-electron chi connectivity index (χ3n) is 2.97. The van der Waals surface area contributed by atoms with E-state index >= 15 is 0 Å². The van der Waals surface area contributed by atoms with Crippen LogP contribution in [-0.2, 0) is 17.1 Å². The minimum Gasteiger partial charge on any atom is -0.348 e. The maximum Gasteiger partial charge on any atom is 0.268 e. The number of carbonyl (C=O) groups excluding carboxylic acids is 1. The largest absolute Gasteiger partial charge is 0.348 e. The molecule has 3 N–H and O–H groups in total. The van der Waals surface area contributed by atoms with Crippen molar-refractivity contribution in [1.29, 1.82) is 0 Å². The third-order valence-corrected chi connectivity index (χ3v) is 3.85. The van der Waals surface area contributed by atoms with E-state index in [2.05, 4.69) is 5.32 Å². The Morgan fingerprint density at radius 2 is 2.18 bits per heavy atom. The molecule has 2 unspecified atom stereocenters. The summed E-state index contributed by atoms with van der Waals surface area (Å²) in [6, 6.07) is 1.49. The number of nitrogens with zero attached hydrogens (tertiary/aromatic N) is 1. The van der Waals surface area contributed by atoms with Crippen molar-refractivity contribution in [3.8, 4) is 0 Å². The Morgan fingerprint density at radius 1 is 1.59 bits per heavy atom. The first-order valence-electron chi connectivity index (χ1n) is 5.29. The minimum absolute atomic E-state index is 0.0472. The van der Waals surface area contributed by atoms with Crippen LogP contribution in [0.3, 0.4) is 0 Å². The van der Waals surface area contributed by atoms with Crippen LogP contribution in [0.4, 0.5) is 0 Å². The van der Waals surface area contributed by atoms with Crippen molar-refractivity contribution in [3.63, 3.8) is 0 Å². The summed E-state index contributed by atoms with van der Waals surface area (Å²) in [6.45, 7) is 2.05. The van der Waals surface area contributed by atoms with E-state index in [4.69, 9.17) is 5.14 Å². The van der Waals surface area contributed by atoms with Gasteiger partial charge in [0, 0.05) is 19.3 Å². The number of carbonyl (C=O) groups is 1. The lowest BCUT2D eigenvalue weighted by molar-refractivity contribution is 0.0941. The zero-order chi connectivity index (χ0) is 12.8. The first kappa shape index (κ1) is 12.1. The molecule has 0 aromatic carbocycles. The number of aromatic nitrogens is 1. The number of hydrogen-bond donors (Lipinski definition) is 2. The fourth-order valence-corrected chi connectivity index (χ4v) is 2.26. The van der Waals surface area contributed by atoms with Gasteiger partial charge in [-0.05, 0) is 18.4 Å². The molecular weight excluding hydrogens is 242 g/mol. The molecular formula is C10H15N3O3S. The Balaban J connectivity index is 2.21. The van der Waals surface area contributed by atoms with Gasteiger partial charge in [-0.25, -0.2) is 13.6 Å². The topological polar surface area (TPSA) is 94.2 Å². The first-order chi connectivity index (χ1) is 7.79. The van der Waals surface area contributed by atoms with Crippen molar-refractivity contribution in [2.45, 2.75) is 24.3 Å². The van der Waals surface area contributed by atoms with Crippen molar-refractivity contribution in [3.05, 3.63) is 18.0 Å². The molecule has 94 valence electrons. The van der Waals surface area contributed by atoms with Gasteiger partial charge in [-0.2, -0.15) is 0 Å². The minimum atomic E-state index is -3.76. The highest BCUT2D eigenvalue weighted by Crippen LogP contribution is 2.29. The lowest BCUT2D eigenvalue weighted by Crippen LogP contribution is -2.28. The SMILES string of the molecule is CC1CC1NC(=O)c1cc(S(N)(=O)=O)cn1C. The average Bonchev–Trinajstić information content (AvgIpc) is 2.73. The first-order valence-corrected chi connectivity index (χ1v) is 6.83. The van der Waals surface area contributed by atoms with E-state index < -0.39 is 10.0 Å². The summed E-state index contributed by atoms with van der Waals surface area (Å²) in [5, 5.41) is 7.83. The molecule has 0 bridgehead atoms. The Hall–Kier alpha value is -1.34. The van der Waals surface area contributed by atoms with E-state index in [0.717, 1.165) is 6.42 Å². The summed E-state index contributed by atoms with van der Waals surface area (Å²) >= 11 is 0. The highest BCUT2D eigenvalue weighted by Gasteiger charge is 2.34. The fourth-order valence-electron chi connectivity index (χ4n) is 1.68. The summed E-state index contributed by atoms with van der Waals surface area (Å²) in [5.41, 5.74) is 0.299. The standard InChI is InChI=1S/C10H15N3O3S/c1-6-3-8(6)12-10(14)9-4-7(5-13(9)2)17(11,15)16/h4-6,8H,3H2,1-2H3,(H,12,14)(H2,11,15,16). The second-order valence-corrected chi connectivity index (χ2v) is 6.07. The number of primary sulfonamides is 1. The molecule has 0 spiro atoms. The lowest BCUT2D eigenvalue weighted by Gasteiger charge is -2.04. The van der Waals surface area contributed by atoms with Crippen LogP contribution in [0.2, 0.25) is 0 Å². The zero-order valence-electron chi connectivity index (χ0n) is 9.67. The zero-order valence-corrected chi connectivity index (χ0v) is 10.5. The van der Waals surface area contributed by atoms with Crippen molar-refractivity contribution in [2.75, 3.05) is 0 Å². The predicted molar refractivity (Wildman–Crippen MR) is 61.8 cm³/mol. The van der Waals surface area contributed by atoms with Crippen molar-refractivity contribution >= 4 is 15.9 Å². The smallest absolute Gasteiger partial charge is 0.268 e. The van der Waals surface area contributed by atoms with E-state index in [1.165, 1.54) is 16.8 Å². The summed E-state index contributed by atoms with van der Waals surface area (Å²) < 4.78 is 23.7. The molecule has 0 radical (unpaired) electrons. The molecule has 0 aliphatic heterocycles. The number of aryl methyl sites for hydroxylation is 1. The molecule has 1 heterocycles. The number of hydrogen-bond acceptors (Lipinski definition) is 3. The summed E-state index contributed by atoms with van der Waals surface area (Å²) in [5.74, 6) is 0.230. The van der Waals surface area contributed by atoms with Crippen molar-refractivity contribution in [2.24, 2.45) is 18.1 Å². The Morgan fingerprint density at radius 3 is 2.59 bits per heavy atom. The summed E-state index contributed by atoms with van der Waals surface area (Å²) in [7, 11) is -2.15. The van der Waals surface area contributed by atoms with E-state index in [-0.39, 0.29) is 16.8 Å². The van der Waals surface area contributed by atoms with Gasteiger partial charge < -0.3 is 9.88 Å². The fraction of sp³-hybridized carbons (Fsp3) is 0.500. The van der Waals surface area contributed by atoms with Crippen LogP contribution in [0.5, 0.6) is 0 Å². The van der Waals surface area contributed by atoms with Crippen LogP contribution < -0.4 is 10.5 Å². The van der Waals surface area contributed by atoms with Gasteiger partial charge in [0.15, 0.2) is 0 Å². The van der Waals surface area contributed by atoms with Gasteiger partial charge in [0.1, 0.15) is 10.6 Å². The number of amides is 1. The molecule has 2 atom stereocenters. The molecule has 7 heteroatoms. The molecule has 1 fully saturated rings. The molecule has 1 aromatic heterocycles. The highest BCUT2D eigenvalue weighted by molar-refractivity contribution is 7.89. The molecule has 2 rings (SSSR count). The van der Waals surface area contributed by atoms with Crippen LogP contribution >= 0.6 is 0 Å². The van der Waals surface area contributed by atoms with Gasteiger partial charge in [0.2, 0.25) is 10.0 Å². The number of rotatable bonds is 3. The summed E-state index contributed by atoms with van der Waals surface area (Å²) in [6.07, 6.45) is 2.30. The molecule has 1 amide bonds. The van der Waals surface area contributed by atoms with Gasteiger partial charge in [-0.1, -0.05) is 6.92 Å². The van der Waals surface area contributed by atoms with Crippen LogP contribution in [0, 0.1) is 5.92 Å². The van der Waals surface area contributed by atoms with Gasteiger partial charge in [-0.15, -0.1) is 0 Å². The molecule has 1 aliphatic carbocycles. The van der Waals surface area contributed by atoms with Gasteiger partial charge >= 0.3 is 0 Å². The molecule has 1 saturated carbocycles. The molecule has 17 heavy (non-hydrogen) atoms. The lowest BCUT2D eigenvalue weighted by atomic mass is 10.4. The maximum absolute atomic E-state index is 11.8. The van der Waals surface area contributed by atoms with Crippen LogP contribution in [-0.4, -0.2) is 24.9 Å². The number of sulfonamides is 1. The van der Waals surface area contributed by atoms with Crippen LogP contribution in [0.25, 0.3) is 0 Å². The average molecular weight is 257 g/mol. The molecule has 6 nitrogen and oxygen atoms in total. The van der Waals surface area contributed by atoms with E-state index in [1.807, 2.05) is 6.92 Å². The van der Waals surface area contributed by atoms with Crippen LogP contribution in [0.15, 0.2) is 17.2 Å².